The molecule has 3 rings (SSSR count). The summed E-state index contributed by atoms with van der Waals surface area (Å²) in [6, 6.07) is 9.15. The Labute approximate surface area is 190 Å². The summed E-state index contributed by atoms with van der Waals surface area (Å²) in [7, 11) is 4.88. The van der Waals surface area contributed by atoms with Crippen molar-refractivity contribution in [2.45, 2.75) is 25.2 Å². The average Bonchev–Trinajstić information content (AvgIpc) is 3.42. The van der Waals surface area contributed by atoms with Gasteiger partial charge in [0.15, 0.2) is 5.76 Å². The first-order chi connectivity index (χ1) is 15.4. The lowest BCUT2D eigenvalue weighted by Gasteiger charge is -2.20. The Bertz CT molecular complexity index is 1060. The summed E-state index contributed by atoms with van der Waals surface area (Å²) in [5.41, 5.74) is 6.84. The van der Waals surface area contributed by atoms with E-state index >= 15 is 0 Å². The zero-order chi connectivity index (χ0) is 23.3. The number of aliphatic hydroxyl groups is 1. The van der Waals surface area contributed by atoms with E-state index in [0.29, 0.717) is 40.4 Å². The smallest absolute Gasteiger partial charge is 0.239 e. The highest BCUT2D eigenvalue weighted by Gasteiger charge is 2.25. The topological polar surface area (TPSA) is 133 Å². The first-order valence-corrected chi connectivity index (χ1v) is 10.7. The highest BCUT2D eigenvalue weighted by atomic mass is 32.2. The maximum absolute atomic E-state index is 10.4. The van der Waals surface area contributed by atoms with Crippen LogP contribution in [0.2, 0.25) is 0 Å². The first-order valence-electron chi connectivity index (χ1n) is 9.87. The van der Waals surface area contributed by atoms with Crippen LogP contribution in [0.15, 0.2) is 46.6 Å². The summed E-state index contributed by atoms with van der Waals surface area (Å²) in [5, 5.41) is 21.6. The van der Waals surface area contributed by atoms with Crippen LogP contribution >= 0.6 is 11.9 Å². The van der Waals surface area contributed by atoms with Gasteiger partial charge < -0.3 is 30.0 Å². The van der Waals surface area contributed by atoms with E-state index in [0.717, 1.165) is 5.76 Å². The number of furan rings is 1. The molecule has 0 aliphatic carbocycles. The molecule has 0 amide bonds. The van der Waals surface area contributed by atoms with E-state index in [1.54, 1.807) is 32.0 Å². The van der Waals surface area contributed by atoms with Gasteiger partial charge in [-0.3, -0.25) is 9.29 Å². The van der Waals surface area contributed by atoms with Gasteiger partial charge in [0.1, 0.15) is 29.1 Å². The fourth-order valence-electron chi connectivity index (χ4n) is 3.06. The number of nitrogens with two attached hydrogens (primary N) is 1. The van der Waals surface area contributed by atoms with E-state index in [1.807, 2.05) is 44.2 Å². The van der Waals surface area contributed by atoms with Crippen LogP contribution in [0.25, 0.3) is 17.3 Å². The Morgan fingerprint density at radius 3 is 2.47 bits per heavy atom. The number of ether oxygens (including phenoxy) is 2. The fraction of sp³-hybridized carbons (Fsp3) is 0.333. The van der Waals surface area contributed by atoms with E-state index < -0.39 is 6.10 Å². The molecule has 2 heterocycles. The van der Waals surface area contributed by atoms with E-state index in [4.69, 9.17) is 19.6 Å². The molecule has 0 aliphatic rings. The van der Waals surface area contributed by atoms with Crippen molar-refractivity contribution in [3.63, 3.8) is 0 Å². The number of para-hydroxylation sites is 1. The molecule has 3 aromatic rings. The number of aryl methyl sites for hydroxylation is 1. The average molecular weight is 461 g/mol. The highest BCUT2D eigenvalue weighted by molar-refractivity contribution is 8.01. The molecule has 0 aliphatic heterocycles. The zero-order valence-corrected chi connectivity index (χ0v) is 19.4. The number of nitrogens with one attached hydrogen (secondary N) is 2. The fourth-order valence-corrected chi connectivity index (χ4v) is 3.77. The molecule has 2 atom stereocenters. The minimum atomic E-state index is -0.871. The normalized spacial score (nSPS) is 13.5. The van der Waals surface area contributed by atoms with Crippen molar-refractivity contribution in [2.75, 3.05) is 26.0 Å². The molecule has 1 aromatic carbocycles. The third-order valence-corrected chi connectivity index (χ3v) is 5.61. The van der Waals surface area contributed by atoms with Gasteiger partial charge in [0.2, 0.25) is 11.8 Å². The predicted molar refractivity (Wildman–Crippen MR) is 125 cm³/mol. The Hall–Kier alpha value is -3.31. The molecular weight excluding hydrogens is 432 g/mol. The van der Waals surface area contributed by atoms with Gasteiger partial charge in [0, 0.05) is 13.2 Å². The van der Waals surface area contributed by atoms with Crippen LogP contribution in [0, 0.1) is 6.92 Å². The standard InChI is InChI=1S/C21H28N6O4S/c1-12-9-10-17(31-12)20-24-25-21(26-32-13(2)19(28)14(22)11-23-3)27(20)18-15(29-4)7-6-8-16(18)30-5/h6-11,13,19,23,28H,22H2,1-5H3,(H,25,26)/b14-11-. The van der Waals surface area contributed by atoms with Crippen LogP contribution in [-0.4, -0.2) is 52.5 Å². The molecule has 0 bridgehead atoms. The minimum absolute atomic E-state index is 0.293. The van der Waals surface area contributed by atoms with E-state index in [-0.39, 0.29) is 5.25 Å². The summed E-state index contributed by atoms with van der Waals surface area (Å²) in [6.07, 6.45) is 0.686. The predicted octanol–water partition coefficient (Wildman–Crippen LogP) is 2.68. The lowest BCUT2D eigenvalue weighted by molar-refractivity contribution is 0.210. The van der Waals surface area contributed by atoms with Gasteiger partial charge in [-0.25, -0.2) is 0 Å². The lowest BCUT2D eigenvalue weighted by Crippen LogP contribution is -2.29. The van der Waals surface area contributed by atoms with Crippen LogP contribution in [-0.2, 0) is 0 Å². The molecule has 0 radical (unpaired) electrons. The number of nitrogens with zero attached hydrogens (tertiary/aromatic N) is 3. The Kier molecular flexibility index (Phi) is 7.54. The van der Waals surface area contributed by atoms with E-state index in [9.17, 15) is 5.11 Å². The minimum Gasteiger partial charge on any atom is -0.494 e. The van der Waals surface area contributed by atoms with Crippen molar-refractivity contribution >= 4 is 17.9 Å². The molecule has 0 fully saturated rings. The van der Waals surface area contributed by atoms with Crippen molar-refractivity contribution < 1.29 is 19.0 Å². The Morgan fingerprint density at radius 2 is 1.91 bits per heavy atom. The summed E-state index contributed by atoms with van der Waals surface area (Å²) in [5.74, 6) is 3.28. The summed E-state index contributed by atoms with van der Waals surface area (Å²) < 4.78 is 21.9. The Balaban J connectivity index is 2.04. The maximum atomic E-state index is 10.4. The summed E-state index contributed by atoms with van der Waals surface area (Å²) in [4.78, 5) is 0. The quantitative estimate of drug-likeness (QED) is 0.335. The molecule has 172 valence electrons. The van der Waals surface area contributed by atoms with Crippen LogP contribution in [0.5, 0.6) is 11.5 Å². The van der Waals surface area contributed by atoms with Gasteiger partial charge in [0.05, 0.1) is 25.2 Å². The SMILES string of the molecule is CN/C=C(\N)C(O)C(C)SNc1nnc(-c2ccc(C)o2)n1-c1c(OC)cccc1OC. The number of aliphatic hydroxyl groups excluding tert-OH is 1. The lowest BCUT2D eigenvalue weighted by atomic mass is 10.2. The summed E-state index contributed by atoms with van der Waals surface area (Å²) >= 11 is 1.26. The van der Waals surface area contributed by atoms with Crippen molar-refractivity contribution in [3.05, 3.63) is 48.0 Å². The van der Waals surface area contributed by atoms with Crippen LogP contribution in [0.4, 0.5) is 5.95 Å². The number of benzene rings is 1. The van der Waals surface area contributed by atoms with Crippen LogP contribution in [0.1, 0.15) is 12.7 Å². The molecule has 0 saturated heterocycles. The number of rotatable bonds is 10. The second kappa shape index (κ2) is 10.3. The number of anilines is 1. The molecule has 5 N–H and O–H groups in total. The molecule has 0 saturated carbocycles. The molecule has 32 heavy (non-hydrogen) atoms. The van der Waals surface area contributed by atoms with Gasteiger partial charge in [-0.05, 0) is 50.1 Å². The molecule has 11 heteroatoms. The van der Waals surface area contributed by atoms with Crippen molar-refractivity contribution in [1.29, 1.82) is 0 Å². The van der Waals surface area contributed by atoms with E-state index in [1.165, 1.54) is 11.9 Å². The summed E-state index contributed by atoms with van der Waals surface area (Å²) in [6.45, 7) is 3.70. The van der Waals surface area contributed by atoms with Crippen molar-refractivity contribution in [2.24, 2.45) is 5.73 Å². The maximum Gasteiger partial charge on any atom is 0.239 e. The molecule has 0 spiro atoms. The van der Waals surface area contributed by atoms with Gasteiger partial charge in [0.25, 0.3) is 0 Å². The largest absolute Gasteiger partial charge is 0.494 e. The molecule has 2 aromatic heterocycles. The number of hydrogen-bond acceptors (Lipinski definition) is 10. The van der Waals surface area contributed by atoms with Gasteiger partial charge in [-0.1, -0.05) is 6.07 Å². The van der Waals surface area contributed by atoms with Gasteiger partial charge in [-0.2, -0.15) is 0 Å². The van der Waals surface area contributed by atoms with Crippen molar-refractivity contribution in [3.8, 4) is 28.8 Å². The van der Waals surface area contributed by atoms with Gasteiger partial charge in [-0.15, -0.1) is 10.2 Å². The molecule has 2 unspecified atom stereocenters. The zero-order valence-electron chi connectivity index (χ0n) is 18.6. The van der Waals surface area contributed by atoms with Gasteiger partial charge >= 0.3 is 0 Å². The molecule has 10 nitrogen and oxygen atoms in total. The van der Waals surface area contributed by atoms with Crippen molar-refractivity contribution in [1.82, 2.24) is 20.1 Å². The monoisotopic (exact) mass is 460 g/mol. The Morgan fingerprint density at radius 1 is 1.22 bits per heavy atom. The highest BCUT2D eigenvalue weighted by Crippen LogP contribution is 2.38. The van der Waals surface area contributed by atoms with Crippen LogP contribution < -0.4 is 25.2 Å². The van der Waals surface area contributed by atoms with E-state index in [2.05, 4.69) is 20.2 Å². The van der Waals surface area contributed by atoms with Crippen LogP contribution in [0.3, 0.4) is 0 Å². The third kappa shape index (κ3) is 4.78. The number of hydrogen-bond donors (Lipinski definition) is 4. The second-order valence-corrected chi connectivity index (χ2v) is 8.09. The number of aromatic nitrogens is 3. The molecular formula is C21H28N6O4S. The second-order valence-electron chi connectivity index (χ2n) is 6.91. The number of methoxy groups -OCH3 is 2. The third-order valence-electron chi connectivity index (χ3n) is 4.68. The first kappa shape index (κ1) is 23.4.